The van der Waals surface area contributed by atoms with Crippen LogP contribution in [0, 0.1) is 0 Å². The fraction of sp³-hybridized carbons (Fsp3) is 0.571. The van der Waals surface area contributed by atoms with E-state index in [-0.39, 0.29) is 5.69 Å². The standard InChI is InChI=1S/C7H10F2N2O/c1-2-11-4-3-6(10-11)7(8,9)5-12/h3-4,12H,2,5H2,1H3. The maximum Gasteiger partial charge on any atom is 0.313 e. The van der Waals surface area contributed by atoms with Crippen molar-refractivity contribution in [1.29, 1.82) is 0 Å². The fourth-order valence-corrected chi connectivity index (χ4v) is 0.814. The van der Waals surface area contributed by atoms with Crippen molar-refractivity contribution in [3.63, 3.8) is 0 Å². The molecule has 0 aliphatic carbocycles. The summed E-state index contributed by atoms with van der Waals surface area (Å²) in [5.74, 6) is -3.22. The van der Waals surface area contributed by atoms with Gasteiger partial charge >= 0.3 is 5.92 Å². The number of aromatic nitrogens is 2. The molecule has 12 heavy (non-hydrogen) atoms. The van der Waals surface area contributed by atoms with Crippen LogP contribution < -0.4 is 0 Å². The minimum absolute atomic E-state index is 0.383. The van der Waals surface area contributed by atoms with E-state index < -0.39 is 12.5 Å². The number of aliphatic hydroxyl groups excluding tert-OH is 1. The van der Waals surface area contributed by atoms with E-state index >= 15 is 0 Å². The van der Waals surface area contributed by atoms with E-state index in [1.54, 1.807) is 6.92 Å². The van der Waals surface area contributed by atoms with Crippen LogP contribution in [0.15, 0.2) is 12.3 Å². The van der Waals surface area contributed by atoms with Crippen molar-refractivity contribution in [3.8, 4) is 0 Å². The number of halogens is 2. The van der Waals surface area contributed by atoms with Crippen LogP contribution in [0.2, 0.25) is 0 Å². The van der Waals surface area contributed by atoms with E-state index in [2.05, 4.69) is 5.10 Å². The molecule has 0 amide bonds. The molecule has 1 N–H and O–H groups in total. The summed E-state index contributed by atoms with van der Waals surface area (Å²) in [6, 6.07) is 1.21. The molecule has 1 rings (SSSR count). The Hall–Kier alpha value is -0.970. The second kappa shape index (κ2) is 3.18. The van der Waals surface area contributed by atoms with Crippen molar-refractivity contribution in [2.24, 2.45) is 0 Å². The number of alkyl halides is 2. The molecule has 0 aliphatic rings. The second-order valence-corrected chi connectivity index (χ2v) is 2.42. The van der Waals surface area contributed by atoms with Crippen LogP contribution in [0.4, 0.5) is 8.78 Å². The lowest BCUT2D eigenvalue weighted by Crippen LogP contribution is -2.19. The van der Waals surface area contributed by atoms with Gasteiger partial charge in [0.05, 0.1) is 0 Å². The molecule has 0 aliphatic heterocycles. The van der Waals surface area contributed by atoms with Gasteiger partial charge in [0.1, 0.15) is 12.3 Å². The Balaban J connectivity index is 2.88. The molecule has 5 heteroatoms. The monoisotopic (exact) mass is 176 g/mol. The molecule has 0 radical (unpaired) electrons. The number of aryl methyl sites for hydroxylation is 1. The van der Waals surface area contributed by atoms with Crippen molar-refractivity contribution >= 4 is 0 Å². The summed E-state index contributed by atoms with van der Waals surface area (Å²) in [7, 11) is 0. The molecule has 0 saturated carbocycles. The first-order valence-corrected chi connectivity index (χ1v) is 3.62. The molecule has 1 aromatic heterocycles. The number of hydrogen-bond donors (Lipinski definition) is 1. The maximum atomic E-state index is 12.7. The highest BCUT2D eigenvalue weighted by Gasteiger charge is 2.33. The molecule has 0 saturated heterocycles. The SMILES string of the molecule is CCn1ccc(C(F)(F)CO)n1. The van der Waals surface area contributed by atoms with Gasteiger partial charge in [-0.3, -0.25) is 4.68 Å². The number of rotatable bonds is 3. The highest BCUT2D eigenvalue weighted by molar-refractivity contribution is 5.06. The average molecular weight is 176 g/mol. The summed E-state index contributed by atoms with van der Waals surface area (Å²) >= 11 is 0. The maximum absolute atomic E-state index is 12.7. The van der Waals surface area contributed by atoms with Gasteiger partial charge in [-0.05, 0) is 13.0 Å². The number of aliphatic hydroxyl groups is 1. The minimum atomic E-state index is -3.22. The molecule has 68 valence electrons. The molecule has 3 nitrogen and oxygen atoms in total. The summed E-state index contributed by atoms with van der Waals surface area (Å²) in [5, 5.41) is 11.9. The first kappa shape index (κ1) is 9.12. The molecular weight excluding hydrogens is 166 g/mol. The van der Waals surface area contributed by atoms with Crippen LogP contribution in [0.5, 0.6) is 0 Å². The predicted octanol–water partition coefficient (Wildman–Crippen LogP) is 0.987. The van der Waals surface area contributed by atoms with Gasteiger partial charge in [0.25, 0.3) is 0 Å². The van der Waals surface area contributed by atoms with Crippen LogP contribution in [0.1, 0.15) is 12.6 Å². The summed E-state index contributed by atoms with van der Waals surface area (Å²) in [5.41, 5.74) is -0.383. The normalized spacial score (nSPS) is 12.0. The quantitative estimate of drug-likeness (QED) is 0.745. The zero-order valence-corrected chi connectivity index (χ0v) is 6.67. The van der Waals surface area contributed by atoms with Crippen LogP contribution in [0.25, 0.3) is 0 Å². The van der Waals surface area contributed by atoms with Gasteiger partial charge in [-0.2, -0.15) is 13.9 Å². The lowest BCUT2D eigenvalue weighted by atomic mass is 10.2. The van der Waals surface area contributed by atoms with E-state index in [0.29, 0.717) is 6.54 Å². The van der Waals surface area contributed by atoms with Crippen LogP contribution in [-0.2, 0) is 12.5 Å². The zero-order valence-electron chi connectivity index (χ0n) is 6.67. The van der Waals surface area contributed by atoms with Gasteiger partial charge in [0.2, 0.25) is 0 Å². The van der Waals surface area contributed by atoms with E-state index in [1.807, 2.05) is 0 Å². The Morgan fingerprint density at radius 2 is 2.33 bits per heavy atom. The Morgan fingerprint density at radius 3 is 2.75 bits per heavy atom. The lowest BCUT2D eigenvalue weighted by molar-refractivity contribution is -0.0596. The van der Waals surface area contributed by atoms with E-state index in [0.717, 1.165) is 0 Å². The molecule has 1 heterocycles. The van der Waals surface area contributed by atoms with Gasteiger partial charge in [0.15, 0.2) is 0 Å². The van der Waals surface area contributed by atoms with Gasteiger partial charge in [-0.25, -0.2) is 0 Å². The minimum Gasteiger partial charge on any atom is -0.390 e. The van der Waals surface area contributed by atoms with Crippen molar-refractivity contribution in [2.45, 2.75) is 19.4 Å². The van der Waals surface area contributed by atoms with Gasteiger partial charge in [0, 0.05) is 12.7 Å². The fourth-order valence-electron chi connectivity index (χ4n) is 0.814. The summed E-state index contributed by atoms with van der Waals surface area (Å²) in [6.45, 7) is 1.14. The van der Waals surface area contributed by atoms with Crippen LogP contribution in [0.3, 0.4) is 0 Å². The number of nitrogens with zero attached hydrogens (tertiary/aromatic N) is 2. The third kappa shape index (κ3) is 1.61. The molecule has 0 bridgehead atoms. The highest BCUT2D eigenvalue weighted by Crippen LogP contribution is 2.24. The summed E-state index contributed by atoms with van der Waals surface area (Å²) < 4.78 is 26.8. The Morgan fingerprint density at radius 1 is 1.67 bits per heavy atom. The van der Waals surface area contributed by atoms with Crippen LogP contribution >= 0.6 is 0 Å². The van der Waals surface area contributed by atoms with E-state index in [1.165, 1.54) is 16.9 Å². The number of hydrogen-bond acceptors (Lipinski definition) is 2. The predicted molar refractivity (Wildman–Crippen MR) is 38.9 cm³/mol. The summed E-state index contributed by atoms with van der Waals surface area (Å²) in [6.07, 6.45) is 1.46. The lowest BCUT2D eigenvalue weighted by Gasteiger charge is -2.08. The van der Waals surface area contributed by atoms with Crippen molar-refractivity contribution in [2.75, 3.05) is 6.61 Å². The zero-order chi connectivity index (χ0) is 9.19. The molecule has 1 aromatic rings. The molecular formula is C7H10F2N2O. The van der Waals surface area contributed by atoms with Gasteiger partial charge in [-0.1, -0.05) is 0 Å². The molecule has 0 spiro atoms. The first-order valence-electron chi connectivity index (χ1n) is 3.62. The van der Waals surface area contributed by atoms with Gasteiger partial charge in [-0.15, -0.1) is 0 Å². The summed E-state index contributed by atoms with van der Waals surface area (Å²) in [4.78, 5) is 0. The van der Waals surface area contributed by atoms with Gasteiger partial charge < -0.3 is 5.11 Å². The Kier molecular flexibility index (Phi) is 2.42. The third-order valence-corrected chi connectivity index (χ3v) is 1.54. The van der Waals surface area contributed by atoms with Crippen molar-refractivity contribution in [1.82, 2.24) is 9.78 Å². The Bertz CT molecular complexity index is 260. The second-order valence-electron chi connectivity index (χ2n) is 2.42. The molecule has 0 atom stereocenters. The van der Waals surface area contributed by atoms with Crippen molar-refractivity contribution in [3.05, 3.63) is 18.0 Å². The third-order valence-electron chi connectivity index (χ3n) is 1.54. The average Bonchev–Trinajstić information content (AvgIpc) is 2.52. The highest BCUT2D eigenvalue weighted by atomic mass is 19.3. The smallest absolute Gasteiger partial charge is 0.313 e. The Labute approximate surface area is 68.6 Å². The first-order chi connectivity index (χ1) is 5.60. The van der Waals surface area contributed by atoms with E-state index in [4.69, 9.17) is 5.11 Å². The topological polar surface area (TPSA) is 38.0 Å². The van der Waals surface area contributed by atoms with Crippen molar-refractivity contribution < 1.29 is 13.9 Å². The van der Waals surface area contributed by atoms with E-state index in [9.17, 15) is 8.78 Å². The molecule has 0 unspecified atom stereocenters. The molecule has 0 aromatic carbocycles. The van der Waals surface area contributed by atoms with Crippen LogP contribution in [-0.4, -0.2) is 21.5 Å². The largest absolute Gasteiger partial charge is 0.390 e. The molecule has 0 fully saturated rings.